The smallest absolute Gasteiger partial charge is 0.240 e. The van der Waals surface area contributed by atoms with Crippen LogP contribution in [0.3, 0.4) is 0 Å². The van der Waals surface area contributed by atoms with Crippen molar-refractivity contribution < 1.29 is 13.5 Å². The molecule has 20 heavy (non-hydrogen) atoms. The molecule has 0 unspecified atom stereocenters. The molecule has 0 radical (unpaired) electrons. The lowest BCUT2D eigenvalue weighted by Gasteiger charge is -2.23. The van der Waals surface area contributed by atoms with Crippen LogP contribution in [0.15, 0.2) is 29.2 Å². The summed E-state index contributed by atoms with van der Waals surface area (Å²) in [5.74, 6) is -0.0461. The molecule has 5 heteroatoms. The Kier molecular flexibility index (Phi) is 6.65. The summed E-state index contributed by atoms with van der Waals surface area (Å²) in [6.07, 6.45) is 2.85. The third kappa shape index (κ3) is 4.89. The van der Waals surface area contributed by atoms with Gasteiger partial charge < -0.3 is 5.11 Å². The van der Waals surface area contributed by atoms with Crippen LogP contribution in [-0.2, 0) is 10.0 Å². The second-order valence-corrected chi connectivity index (χ2v) is 7.02. The predicted molar refractivity (Wildman–Crippen MR) is 81.1 cm³/mol. The zero-order valence-electron chi connectivity index (χ0n) is 12.5. The zero-order chi connectivity index (χ0) is 15.2. The molecule has 1 aromatic rings. The van der Waals surface area contributed by atoms with E-state index < -0.39 is 10.0 Å². The molecular formula is C15H25NO3S. The number of hydrogen-bond donors (Lipinski definition) is 2. The molecule has 0 aliphatic rings. The number of sulfonamides is 1. The maximum absolute atomic E-state index is 12.3. The Bertz CT molecular complexity index is 496. The van der Waals surface area contributed by atoms with Crippen molar-refractivity contribution in [1.82, 2.24) is 4.72 Å². The maximum Gasteiger partial charge on any atom is 0.240 e. The molecule has 2 N–H and O–H groups in total. The molecule has 1 rings (SSSR count). The number of hydrogen-bond acceptors (Lipinski definition) is 3. The van der Waals surface area contributed by atoms with E-state index in [4.69, 9.17) is 0 Å². The van der Waals surface area contributed by atoms with Crippen molar-refractivity contribution in [2.75, 3.05) is 6.61 Å². The van der Waals surface area contributed by atoms with Gasteiger partial charge in [0.25, 0.3) is 0 Å². The summed E-state index contributed by atoms with van der Waals surface area (Å²) in [5, 5.41) is 9.39. The van der Waals surface area contributed by atoms with Gasteiger partial charge in [-0.3, -0.25) is 0 Å². The summed E-state index contributed by atoms with van der Waals surface area (Å²) in [4.78, 5) is 0.266. The summed E-state index contributed by atoms with van der Waals surface area (Å²) in [7, 11) is -3.52. The molecule has 0 amide bonds. The summed E-state index contributed by atoms with van der Waals surface area (Å²) < 4.78 is 27.2. The highest BCUT2D eigenvalue weighted by Crippen LogP contribution is 2.16. The zero-order valence-corrected chi connectivity index (χ0v) is 13.3. The standard InChI is InChI=1S/C15H25NO3S/c1-4-5-6-14(11-17)13(3)16-20(18,19)15-9-7-12(2)8-10-15/h7-10,13-14,16-17H,4-6,11H2,1-3H3/t13-,14+/m0/s1. The van der Waals surface area contributed by atoms with Gasteiger partial charge in [0.1, 0.15) is 0 Å². The van der Waals surface area contributed by atoms with Gasteiger partial charge >= 0.3 is 0 Å². The molecule has 2 atom stereocenters. The van der Waals surface area contributed by atoms with Gasteiger partial charge in [-0.2, -0.15) is 0 Å². The molecule has 4 nitrogen and oxygen atoms in total. The molecule has 0 aliphatic heterocycles. The van der Waals surface area contributed by atoms with Crippen molar-refractivity contribution >= 4 is 10.0 Å². The van der Waals surface area contributed by atoms with E-state index in [1.807, 2.05) is 13.8 Å². The molecule has 1 aromatic carbocycles. The Morgan fingerprint density at radius 3 is 2.35 bits per heavy atom. The average molecular weight is 299 g/mol. The Morgan fingerprint density at radius 2 is 1.85 bits per heavy atom. The minimum atomic E-state index is -3.52. The van der Waals surface area contributed by atoms with Crippen molar-refractivity contribution in [2.45, 2.75) is 51.0 Å². The fourth-order valence-electron chi connectivity index (χ4n) is 2.09. The minimum Gasteiger partial charge on any atom is -0.396 e. The Balaban J connectivity index is 2.76. The molecule has 114 valence electrons. The average Bonchev–Trinajstić information content (AvgIpc) is 2.39. The molecule has 0 saturated heterocycles. The van der Waals surface area contributed by atoms with Crippen molar-refractivity contribution in [3.63, 3.8) is 0 Å². The molecule has 0 heterocycles. The second kappa shape index (κ2) is 7.76. The van der Waals surface area contributed by atoms with E-state index in [0.29, 0.717) is 0 Å². The first-order chi connectivity index (χ1) is 9.40. The van der Waals surface area contributed by atoms with Crippen LogP contribution < -0.4 is 4.72 Å². The van der Waals surface area contributed by atoms with E-state index in [0.717, 1.165) is 24.8 Å². The lowest BCUT2D eigenvalue weighted by Crippen LogP contribution is -2.39. The van der Waals surface area contributed by atoms with E-state index in [1.54, 1.807) is 24.3 Å². The van der Waals surface area contributed by atoms with Crippen LogP contribution in [0.5, 0.6) is 0 Å². The van der Waals surface area contributed by atoms with Crippen LogP contribution in [-0.4, -0.2) is 26.2 Å². The maximum atomic E-state index is 12.3. The number of benzene rings is 1. The van der Waals surface area contributed by atoms with E-state index >= 15 is 0 Å². The number of aliphatic hydroxyl groups is 1. The highest BCUT2D eigenvalue weighted by atomic mass is 32.2. The van der Waals surface area contributed by atoms with Crippen molar-refractivity contribution in [2.24, 2.45) is 5.92 Å². The van der Waals surface area contributed by atoms with Gasteiger partial charge in [0.15, 0.2) is 0 Å². The Morgan fingerprint density at radius 1 is 1.25 bits per heavy atom. The third-order valence-corrected chi connectivity index (χ3v) is 5.12. The van der Waals surface area contributed by atoms with Gasteiger partial charge in [-0.25, -0.2) is 13.1 Å². The van der Waals surface area contributed by atoms with Crippen molar-refractivity contribution in [1.29, 1.82) is 0 Å². The molecule has 0 fully saturated rings. The van der Waals surface area contributed by atoms with Crippen LogP contribution in [0.4, 0.5) is 0 Å². The topological polar surface area (TPSA) is 66.4 Å². The first kappa shape index (κ1) is 17.1. The normalized spacial score (nSPS) is 15.0. The van der Waals surface area contributed by atoms with E-state index in [1.165, 1.54) is 0 Å². The number of aryl methyl sites for hydroxylation is 1. The molecular weight excluding hydrogens is 274 g/mol. The fraction of sp³-hybridized carbons (Fsp3) is 0.600. The second-order valence-electron chi connectivity index (χ2n) is 5.31. The van der Waals surface area contributed by atoms with Gasteiger partial charge in [-0.15, -0.1) is 0 Å². The van der Waals surface area contributed by atoms with Crippen LogP contribution >= 0.6 is 0 Å². The molecule has 0 spiro atoms. The summed E-state index contributed by atoms with van der Waals surface area (Å²) in [6, 6.07) is 6.48. The van der Waals surface area contributed by atoms with Crippen molar-refractivity contribution in [3.05, 3.63) is 29.8 Å². The molecule has 0 bridgehead atoms. The summed E-state index contributed by atoms with van der Waals surface area (Å²) in [6.45, 7) is 5.80. The van der Waals surface area contributed by atoms with Gasteiger partial charge in [-0.05, 0) is 38.3 Å². The highest BCUT2D eigenvalue weighted by molar-refractivity contribution is 7.89. The highest BCUT2D eigenvalue weighted by Gasteiger charge is 2.22. The Hall–Kier alpha value is -0.910. The van der Waals surface area contributed by atoms with Crippen LogP contribution in [0.1, 0.15) is 38.7 Å². The molecule has 0 saturated carbocycles. The van der Waals surface area contributed by atoms with Crippen molar-refractivity contribution in [3.8, 4) is 0 Å². The van der Waals surface area contributed by atoms with Gasteiger partial charge in [0, 0.05) is 12.6 Å². The lowest BCUT2D eigenvalue weighted by atomic mass is 9.97. The minimum absolute atomic E-state index is 0.00240. The third-order valence-electron chi connectivity index (χ3n) is 3.54. The number of rotatable bonds is 8. The molecule has 0 aliphatic carbocycles. The fourth-order valence-corrected chi connectivity index (χ4v) is 3.40. The largest absolute Gasteiger partial charge is 0.396 e. The number of unbranched alkanes of at least 4 members (excludes halogenated alkanes) is 1. The van der Waals surface area contributed by atoms with Crippen LogP contribution in [0, 0.1) is 12.8 Å². The van der Waals surface area contributed by atoms with Gasteiger partial charge in [0.2, 0.25) is 10.0 Å². The predicted octanol–water partition coefficient (Wildman–Crippen LogP) is 2.46. The first-order valence-corrected chi connectivity index (χ1v) is 8.59. The van der Waals surface area contributed by atoms with E-state index in [2.05, 4.69) is 11.6 Å². The summed E-state index contributed by atoms with van der Waals surface area (Å²) >= 11 is 0. The molecule has 0 aromatic heterocycles. The monoisotopic (exact) mass is 299 g/mol. The van der Waals surface area contributed by atoms with Crippen LogP contribution in [0.2, 0.25) is 0 Å². The Labute approximate surface area is 122 Å². The number of aliphatic hydroxyl groups excluding tert-OH is 1. The van der Waals surface area contributed by atoms with Gasteiger partial charge in [-0.1, -0.05) is 37.5 Å². The SMILES string of the molecule is CCCC[C@H](CO)[C@H](C)NS(=O)(=O)c1ccc(C)cc1. The van der Waals surface area contributed by atoms with Crippen LogP contribution in [0.25, 0.3) is 0 Å². The summed E-state index contributed by atoms with van der Waals surface area (Å²) in [5.41, 5.74) is 1.02. The quantitative estimate of drug-likeness (QED) is 0.775. The van der Waals surface area contributed by atoms with E-state index in [9.17, 15) is 13.5 Å². The number of nitrogens with one attached hydrogen (secondary N) is 1. The first-order valence-electron chi connectivity index (χ1n) is 7.10. The van der Waals surface area contributed by atoms with Gasteiger partial charge in [0.05, 0.1) is 4.90 Å². The van der Waals surface area contributed by atoms with E-state index in [-0.39, 0.29) is 23.5 Å². The lowest BCUT2D eigenvalue weighted by molar-refractivity contribution is 0.193.